The summed E-state index contributed by atoms with van der Waals surface area (Å²) in [5, 5.41) is 0. The third-order valence-electron chi connectivity index (χ3n) is 3.14. The molecular formula is C19H15NS. The number of hydrogen-bond donors (Lipinski definition) is 0. The van der Waals surface area contributed by atoms with Crippen LogP contribution >= 0.6 is 11.9 Å². The molecule has 0 amide bonds. The molecule has 3 aromatic rings. The lowest BCUT2D eigenvalue weighted by molar-refractivity contribution is 1.46. The number of nitrogens with zero attached hydrogens (tertiary/aromatic N) is 1. The largest absolute Gasteiger partial charge is 0.219 e. The Hall–Kier alpha value is -2.32. The Balaban J connectivity index is 1.83. The minimum Gasteiger partial charge on any atom is -0.219 e. The second kappa shape index (κ2) is 6.91. The highest BCUT2D eigenvalue weighted by atomic mass is 32.2. The van der Waals surface area contributed by atoms with E-state index in [0.29, 0.717) is 0 Å². The molecular weight excluding hydrogens is 274 g/mol. The molecule has 0 aliphatic heterocycles. The SMILES string of the molecule is C(=N/Sc1ccccc1)/c1ccccc1-c1ccccc1. The monoisotopic (exact) mass is 289 g/mol. The highest BCUT2D eigenvalue weighted by molar-refractivity contribution is 7.98. The van der Waals surface area contributed by atoms with Gasteiger partial charge in [0.15, 0.2) is 0 Å². The van der Waals surface area contributed by atoms with Gasteiger partial charge in [-0.1, -0.05) is 72.8 Å². The van der Waals surface area contributed by atoms with E-state index < -0.39 is 0 Å². The van der Waals surface area contributed by atoms with E-state index in [0.717, 1.165) is 10.5 Å². The second-order valence-electron chi connectivity index (χ2n) is 4.59. The van der Waals surface area contributed by atoms with Gasteiger partial charge in [0.2, 0.25) is 0 Å². The molecule has 0 saturated heterocycles. The molecule has 3 aromatic carbocycles. The van der Waals surface area contributed by atoms with Gasteiger partial charge in [-0.15, -0.1) is 0 Å². The van der Waals surface area contributed by atoms with Crippen molar-refractivity contribution in [1.29, 1.82) is 0 Å². The summed E-state index contributed by atoms with van der Waals surface area (Å²) in [5.74, 6) is 0. The van der Waals surface area contributed by atoms with Crippen molar-refractivity contribution < 1.29 is 0 Å². The molecule has 0 bridgehead atoms. The summed E-state index contributed by atoms with van der Waals surface area (Å²) in [6.07, 6.45) is 1.93. The fraction of sp³-hybridized carbons (Fsp3) is 0. The van der Waals surface area contributed by atoms with Gasteiger partial charge >= 0.3 is 0 Å². The van der Waals surface area contributed by atoms with Gasteiger partial charge < -0.3 is 0 Å². The van der Waals surface area contributed by atoms with Crippen molar-refractivity contribution in [3.63, 3.8) is 0 Å². The lowest BCUT2D eigenvalue weighted by Crippen LogP contribution is -1.86. The Labute approximate surface area is 129 Å². The maximum absolute atomic E-state index is 4.49. The second-order valence-corrected chi connectivity index (χ2v) is 5.46. The van der Waals surface area contributed by atoms with Crippen molar-refractivity contribution in [3.8, 4) is 11.1 Å². The highest BCUT2D eigenvalue weighted by Gasteiger charge is 2.01. The molecule has 0 saturated carbocycles. The van der Waals surface area contributed by atoms with Crippen molar-refractivity contribution in [1.82, 2.24) is 0 Å². The van der Waals surface area contributed by atoms with Crippen LogP contribution < -0.4 is 0 Å². The number of hydrogen-bond acceptors (Lipinski definition) is 2. The topological polar surface area (TPSA) is 12.4 Å². The van der Waals surface area contributed by atoms with E-state index >= 15 is 0 Å². The van der Waals surface area contributed by atoms with Gasteiger partial charge in [0.25, 0.3) is 0 Å². The van der Waals surface area contributed by atoms with Crippen LogP contribution in [0, 0.1) is 0 Å². The summed E-state index contributed by atoms with van der Waals surface area (Å²) in [4.78, 5) is 1.14. The van der Waals surface area contributed by atoms with Crippen molar-refractivity contribution in [2.45, 2.75) is 4.90 Å². The van der Waals surface area contributed by atoms with Crippen molar-refractivity contribution in [3.05, 3.63) is 90.5 Å². The standard InChI is InChI=1S/C19H15NS/c1-3-9-16(10-4-1)19-14-8-7-11-17(19)15-20-21-18-12-5-2-6-13-18/h1-15H/b20-15-. The Kier molecular flexibility index (Phi) is 4.49. The zero-order chi connectivity index (χ0) is 14.3. The lowest BCUT2D eigenvalue weighted by atomic mass is 10.0. The highest BCUT2D eigenvalue weighted by Crippen LogP contribution is 2.23. The van der Waals surface area contributed by atoms with E-state index in [2.05, 4.69) is 59.0 Å². The Morgan fingerprint density at radius 1 is 0.667 bits per heavy atom. The first-order valence-corrected chi connectivity index (χ1v) is 7.61. The van der Waals surface area contributed by atoms with E-state index in [1.54, 1.807) is 0 Å². The molecule has 0 unspecified atom stereocenters. The van der Waals surface area contributed by atoms with Crippen LogP contribution in [0.25, 0.3) is 11.1 Å². The summed E-state index contributed by atoms with van der Waals surface area (Å²) in [7, 11) is 0. The van der Waals surface area contributed by atoms with Crippen LogP contribution in [0.3, 0.4) is 0 Å². The van der Waals surface area contributed by atoms with E-state index in [1.165, 1.54) is 23.1 Å². The Morgan fingerprint density at radius 3 is 2.05 bits per heavy atom. The van der Waals surface area contributed by atoms with Crippen LogP contribution in [-0.2, 0) is 0 Å². The first-order valence-electron chi connectivity index (χ1n) is 6.83. The van der Waals surface area contributed by atoms with Gasteiger partial charge in [-0.25, -0.2) is 4.40 Å². The lowest BCUT2D eigenvalue weighted by Gasteiger charge is -2.05. The quantitative estimate of drug-likeness (QED) is 0.457. The smallest absolute Gasteiger partial charge is 0.0434 e. The third-order valence-corrected chi connectivity index (χ3v) is 3.83. The third kappa shape index (κ3) is 3.61. The predicted molar refractivity (Wildman–Crippen MR) is 91.8 cm³/mol. The Morgan fingerprint density at radius 2 is 1.29 bits per heavy atom. The zero-order valence-electron chi connectivity index (χ0n) is 11.5. The summed E-state index contributed by atoms with van der Waals surface area (Å²) in [6, 6.07) is 28.9. The summed E-state index contributed by atoms with van der Waals surface area (Å²) in [5.41, 5.74) is 3.55. The summed E-state index contributed by atoms with van der Waals surface area (Å²) >= 11 is 1.49. The molecule has 21 heavy (non-hydrogen) atoms. The van der Waals surface area contributed by atoms with E-state index in [1.807, 2.05) is 36.5 Å². The maximum Gasteiger partial charge on any atom is 0.0434 e. The van der Waals surface area contributed by atoms with Crippen molar-refractivity contribution in [2.75, 3.05) is 0 Å². The van der Waals surface area contributed by atoms with Crippen LogP contribution in [0.15, 0.2) is 94.2 Å². The van der Waals surface area contributed by atoms with Crippen molar-refractivity contribution in [2.24, 2.45) is 4.40 Å². The predicted octanol–water partition coefficient (Wildman–Crippen LogP) is 5.48. The molecule has 0 fully saturated rings. The fourth-order valence-electron chi connectivity index (χ4n) is 2.12. The van der Waals surface area contributed by atoms with Crippen molar-refractivity contribution >= 4 is 18.2 Å². The van der Waals surface area contributed by atoms with E-state index in [4.69, 9.17) is 0 Å². The molecule has 2 heteroatoms. The maximum atomic E-state index is 4.49. The molecule has 3 rings (SSSR count). The van der Waals surface area contributed by atoms with Gasteiger partial charge in [0, 0.05) is 28.6 Å². The molecule has 102 valence electrons. The van der Waals surface area contributed by atoms with Gasteiger partial charge in [0.05, 0.1) is 0 Å². The molecule has 0 radical (unpaired) electrons. The summed E-state index contributed by atoms with van der Waals surface area (Å²) < 4.78 is 4.49. The van der Waals surface area contributed by atoms with Crippen LogP contribution in [0.5, 0.6) is 0 Å². The first-order chi connectivity index (χ1) is 10.4. The van der Waals surface area contributed by atoms with Crippen LogP contribution in [0.4, 0.5) is 0 Å². The van der Waals surface area contributed by atoms with Crippen LogP contribution in [0.1, 0.15) is 5.56 Å². The molecule has 0 aliphatic carbocycles. The first kappa shape index (κ1) is 13.7. The molecule has 0 aromatic heterocycles. The average molecular weight is 289 g/mol. The van der Waals surface area contributed by atoms with Crippen LogP contribution in [0.2, 0.25) is 0 Å². The van der Waals surface area contributed by atoms with Gasteiger partial charge in [-0.05, 0) is 23.3 Å². The van der Waals surface area contributed by atoms with Crippen LogP contribution in [-0.4, -0.2) is 6.21 Å². The minimum atomic E-state index is 1.13. The van der Waals surface area contributed by atoms with Gasteiger partial charge in [-0.3, -0.25) is 0 Å². The normalized spacial score (nSPS) is 10.9. The molecule has 0 N–H and O–H groups in total. The summed E-state index contributed by atoms with van der Waals surface area (Å²) in [6.45, 7) is 0. The van der Waals surface area contributed by atoms with E-state index in [9.17, 15) is 0 Å². The van der Waals surface area contributed by atoms with Gasteiger partial charge in [0.1, 0.15) is 0 Å². The molecule has 1 nitrogen and oxygen atoms in total. The van der Waals surface area contributed by atoms with Gasteiger partial charge in [-0.2, -0.15) is 0 Å². The molecule has 0 aliphatic rings. The number of rotatable bonds is 4. The average Bonchev–Trinajstić information content (AvgIpc) is 2.57. The molecule has 0 spiro atoms. The Bertz CT molecular complexity index is 721. The minimum absolute atomic E-state index is 1.13. The molecule has 0 heterocycles. The molecule has 0 atom stereocenters. The number of benzene rings is 3. The zero-order valence-corrected chi connectivity index (χ0v) is 12.3. The fourth-order valence-corrected chi connectivity index (χ4v) is 2.68. The van der Waals surface area contributed by atoms with E-state index in [-0.39, 0.29) is 0 Å².